The fraction of sp³-hybridized carbons (Fsp3) is 0.294. The Balaban J connectivity index is 2.20. The van der Waals surface area contributed by atoms with Gasteiger partial charge in [0.2, 0.25) is 0 Å². The predicted molar refractivity (Wildman–Crippen MR) is 77.4 cm³/mol. The van der Waals surface area contributed by atoms with Crippen LogP contribution in [0.5, 0.6) is 0 Å². The Morgan fingerprint density at radius 3 is 2.21 bits per heavy atom. The quantitative estimate of drug-likeness (QED) is 0.877. The van der Waals surface area contributed by atoms with Gasteiger partial charge in [0, 0.05) is 5.56 Å². The molecule has 0 aliphatic carbocycles. The number of hydrogen-bond acceptors (Lipinski definition) is 1. The molecule has 0 aliphatic heterocycles. The molecule has 0 fully saturated rings. The smallest absolute Gasteiger partial charge is 0.128 e. The summed E-state index contributed by atoms with van der Waals surface area (Å²) in [7, 11) is 0. The minimum Gasteiger partial charge on any atom is -0.320 e. The lowest BCUT2D eigenvalue weighted by Crippen LogP contribution is -2.13. The first-order chi connectivity index (χ1) is 9.08. The summed E-state index contributed by atoms with van der Waals surface area (Å²) >= 11 is 0. The molecule has 0 bridgehead atoms. The average molecular weight is 257 g/mol. The van der Waals surface area contributed by atoms with Gasteiger partial charge < -0.3 is 5.73 Å². The highest BCUT2D eigenvalue weighted by Crippen LogP contribution is 2.22. The fourth-order valence-corrected chi connectivity index (χ4v) is 2.24. The Morgan fingerprint density at radius 2 is 1.63 bits per heavy atom. The van der Waals surface area contributed by atoms with Gasteiger partial charge in [0.15, 0.2) is 0 Å². The van der Waals surface area contributed by atoms with Crippen LogP contribution in [0.2, 0.25) is 0 Å². The van der Waals surface area contributed by atoms with Crippen LogP contribution in [-0.2, 0) is 6.42 Å². The molecule has 0 saturated heterocycles. The Bertz CT molecular complexity index is 531. The van der Waals surface area contributed by atoms with Crippen LogP contribution in [0.4, 0.5) is 4.39 Å². The highest BCUT2D eigenvalue weighted by molar-refractivity contribution is 5.33. The average Bonchev–Trinajstić information content (AvgIpc) is 2.39. The Kier molecular flexibility index (Phi) is 4.33. The van der Waals surface area contributed by atoms with Crippen molar-refractivity contribution in [3.8, 4) is 0 Å². The molecule has 2 N–H and O–H groups in total. The van der Waals surface area contributed by atoms with E-state index in [0.29, 0.717) is 11.5 Å². The number of benzene rings is 2. The van der Waals surface area contributed by atoms with E-state index in [1.165, 1.54) is 11.6 Å². The van der Waals surface area contributed by atoms with E-state index < -0.39 is 6.04 Å². The zero-order valence-electron chi connectivity index (χ0n) is 11.4. The molecule has 2 aromatic carbocycles. The largest absolute Gasteiger partial charge is 0.320 e. The van der Waals surface area contributed by atoms with Gasteiger partial charge in [0.25, 0.3) is 0 Å². The Hall–Kier alpha value is -1.67. The van der Waals surface area contributed by atoms with Crippen molar-refractivity contribution >= 4 is 0 Å². The minimum absolute atomic E-state index is 0.249. The fourth-order valence-electron chi connectivity index (χ4n) is 2.24. The molecule has 0 aliphatic rings. The maximum atomic E-state index is 13.7. The van der Waals surface area contributed by atoms with E-state index in [2.05, 4.69) is 26.0 Å². The number of hydrogen-bond donors (Lipinski definition) is 1. The third-order valence-corrected chi connectivity index (χ3v) is 3.22. The second-order valence-electron chi connectivity index (χ2n) is 5.34. The van der Waals surface area contributed by atoms with Gasteiger partial charge in [0.1, 0.15) is 5.82 Å². The molecular weight excluding hydrogens is 237 g/mol. The van der Waals surface area contributed by atoms with Gasteiger partial charge in [-0.15, -0.1) is 0 Å². The monoisotopic (exact) mass is 257 g/mol. The molecule has 0 saturated carbocycles. The zero-order chi connectivity index (χ0) is 13.8. The summed E-state index contributed by atoms with van der Waals surface area (Å²) in [5, 5.41) is 0. The van der Waals surface area contributed by atoms with Crippen molar-refractivity contribution in [2.45, 2.75) is 26.3 Å². The predicted octanol–water partition coefficient (Wildman–Crippen LogP) is 4.07. The van der Waals surface area contributed by atoms with Crippen LogP contribution in [-0.4, -0.2) is 0 Å². The summed E-state index contributed by atoms with van der Waals surface area (Å²) in [6.45, 7) is 4.39. The van der Waals surface area contributed by atoms with Crippen LogP contribution < -0.4 is 5.73 Å². The van der Waals surface area contributed by atoms with Crippen molar-refractivity contribution < 1.29 is 4.39 Å². The van der Waals surface area contributed by atoms with Gasteiger partial charge in [-0.05, 0) is 29.5 Å². The van der Waals surface area contributed by atoms with Crippen molar-refractivity contribution in [2.75, 3.05) is 0 Å². The van der Waals surface area contributed by atoms with E-state index in [1.807, 2.05) is 18.2 Å². The van der Waals surface area contributed by atoms with Gasteiger partial charge in [-0.3, -0.25) is 0 Å². The summed E-state index contributed by atoms with van der Waals surface area (Å²) in [4.78, 5) is 0. The van der Waals surface area contributed by atoms with Gasteiger partial charge in [-0.25, -0.2) is 4.39 Å². The lowest BCUT2D eigenvalue weighted by atomic mass is 9.96. The van der Waals surface area contributed by atoms with Gasteiger partial charge in [0.05, 0.1) is 6.04 Å². The first kappa shape index (κ1) is 13.8. The highest BCUT2D eigenvalue weighted by atomic mass is 19.1. The second kappa shape index (κ2) is 5.98. The molecular formula is C17H20FN. The van der Waals surface area contributed by atoms with E-state index in [1.54, 1.807) is 12.1 Å². The SMILES string of the molecule is CC(C)Cc1ccc(C(N)c2ccccc2F)cc1. The molecule has 0 spiro atoms. The van der Waals surface area contributed by atoms with Crippen LogP contribution >= 0.6 is 0 Å². The molecule has 0 radical (unpaired) electrons. The summed E-state index contributed by atoms with van der Waals surface area (Å²) < 4.78 is 13.7. The minimum atomic E-state index is -0.408. The molecule has 1 nitrogen and oxygen atoms in total. The van der Waals surface area contributed by atoms with Gasteiger partial charge in [-0.1, -0.05) is 56.3 Å². The van der Waals surface area contributed by atoms with Crippen molar-refractivity contribution in [3.05, 3.63) is 71.0 Å². The first-order valence-corrected chi connectivity index (χ1v) is 6.66. The van der Waals surface area contributed by atoms with Gasteiger partial charge in [-0.2, -0.15) is 0 Å². The molecule has 1 atom stereocenters. The summed E-state index contributed by atoms with van der Waals surface area (Å²) in [6.07, 6.45) is 1.05. The van der Waals surface area contributed by atoms with E-state index >= 15 is 0 Å². The molecule has 0 amide bonds. The van der Waals surface area contributed by atoms with E-state index in [9.17, 15) is 4.39 Å². The van der Waals surface area contributed by atoms with Crippen LogP contribution in [0, 0.1) is 11.7 Å². The molecule has 2 aromatic rings. The number of rotatable bonds is 4. The van der Waals surface area contributed by atoms with Crippen LogP contribution in [0.15, 0.2) is 48.5 Å². The van der Waals surface area contributed by atoms with Crippen molar-refractivity contribution in [1.82, 2.24) is 0 Å². The summed E-state index contributed by atoms with van der Waals surface area (Å²) in [5.41, 5.74) is 8.90. The lowest BCUT2D eigenvalue weighted by molar-refractivity contribution is 0.599. The zero-order valence-corrected chi connectivity index (χ0v) is 11.4. The third kappa shape index (κ3) is 3.42. The standard InChI is InChI=1S/C17H20FN/c1-12(2)11-13-7-9-14(10-8-13)17(19)15-5-3-4-6-16(15)18/h3-10,12,17H,11,19H2,1-2H3. The summed E-state index contributed by atoms with van der Waals surface area (Å²) in [6, 6.07) is 14.4. The van der Waals surface area contributed by atoms with Crippen LogP contribution in [0.25, 0.3) is 0 Å². The Morgan fingerprint density at radius 1 is 1.00 bits per heavy atom. The first-order valence-electron chi connectivity index (χ1n) is 6.66. The second-order valence-corrected chi connectivity index (χ2v) is 5.34. The lowest BCUT2D eigenvalue weighted by Gasteiger charge is -2.14. The molecule has 1 unspecified atom stereocenters. The molecule has 19 heavy (non-hydrogen) atoms. The van der Waals surface area contributed by atoms with Crippen LogP contribution in [0.3, 0.4) is 0 Å². The third-order valence-electron chi connectivity index (χ3n) is 3.22. The maximum absolute atomic E-state index is 13.7. The molecule has 0 aromatic heterocycles. The topological polar surface area (TPSA) is 26.0 Å². The normalized spacial score (nSPS) is 12.7. The van der Waals surface area contributed by atoms with E-state index in [-0.39, 0.29) is 5.82 Å². The van der Waals surface area contributed by atoms with Crippen molar-refractivity contribution in [3.63, 3.8) is 0 Å². The van der Waals surface area contributed by atoms with Gasteiger partial charge >= 0.3 is 0 Å². The maximum Gasteiger partial charge on any atom is 0.128 e. The van der Waals surface area contributed by atoms with Crippen LogP contribution in [0.1, 0.15) is 36.6 Å². The Labute approximate surface area is 114 Å². The molecule has 2 rings (SSSR count). The number of nitrogens with two attached hydrogens (primary N) is 1. The molecule has 0 heterocycles. The van der Waals surface area contributed by atoms with Crippen molar-refractivity contribution in [1.29, 1.82) is 0 Å². The van der Waals surface area contributed by atoms with E-state index in [4.69, 9.17) is 5.73 Å². The molecule has 100 valence electrons. The summed E-state index contributed by atoms with van der Waals surface area (Å²) in [5.74, 6) is 0.382. The number of halogens is 1. The van der Waals surface area contributed by atoms with E-state index in [0.717, 1.165) is 12.0 Å². The molecule has 2 heteroatoms. The van der Waals surface area contributed by atoms with Crippen molar-refractivity contribution in [2.24, 2.45) is 11.7 Å². The highest BCUT2D eigenvalue weighted by Gasteiger charge is 2.12.